The Balaban J connectivity index is 4.11. The van der Waals surface area contributed by atoms with Crippen LogP contribution >= 0.6 is 0 Å². The standard InChI is InChI=1S/C3H12O8Si2/c1-7-13(8-2,9-3)11-10-12(4,5)6/h4-6H,1-3H3. The number of hydrogen-bond donors (Lipinski definition) is 3. The first-order chi connectivity index (χ1) is 5.89. The predicted octanol–water partition coefficient (Wildman–Crippen LogP) is -2.28. The average Bonchev–Trinajstić information content (AvgIpc) is 2.06. The van der Waals surface area contributed by atoms with Crippen LogP contribution in [0.5, 0.6) is 0 Å². The van der Waals surface area contributed by atoms with E-state index in [-0.39, 0.29) is 0 Å². The molecule has 0 unspecified atom stereocenters. The quantitative estimate of drug-likeness (QED) is 0.267. The third-order valence-electron chi connectivity index (χ3n) is 1.01. The highest BCUT2D eigenvalue weighted by atomic mass is 28.4. The molecule has 10 heteroatoms. The van der Waals surface area contributed by atoms with E-state index >= 15 is 0 Å². The van der Waals surface area contributed by atoms with Crippen molar-refractivity contribution in [3.05, 3.63) is 0 Å². The van der Waals surface area contributed by atoms with Crippen LogP contribution in [-0.2, 0) is 22.4 Å². The smallest absolute Gasteiger partial charge is 0.366 e. The lowest BCUT2D eigenvalue weighted by Crippen LogP contribution is -2.51. The molecule has 0 amide bonds. The third-order valence-corrected chi connectivity index (χ3v) is 3.27. The molecule has 0 aromatic rings. The van der Waals surface area contributed by atoms with E-state index in [9.17, 15) is 0 Å². The summed E-state index contributed by atoms with van der Waals surface area (Å²) in [6.07, 6.45) is 0. The molecule has 0 aliphatic carbocycles. The van der Waals surface area contributed by atoms with Gasteiger partial charge in [0.1, 0.15) is 0 Å². The summed E-state index contributed by atoms with van der Waals surface area (Å²) in [7, 11) is -4.58. The Bertz CT molecular complexity index is 133. The van der Waals surface area contributed by atoms with Gasteiger partial charge in [-0.05, 0) is 0 Å². The van der Waals surface area contributed by atoms with Crippen LogP contribution in [0.3, 0.4) is 0 Å². The molecule has 0 aromatic carbocycles. The molecule has 0 atom stereocenters. The highest BCUT2D eigenvalue weighted by Gasteiger charge is 2.48. The van der Waals surface area contributed by atoms with Crippen LogP contribution in [0.1, 0.15) is 0 Å². The largest absolute Gasteiger partial charge is 0.706 e. The van der Waals surface area contributed by atoms with E-state index in [0.717, 1.165) is 0 Å². The van der Waals surface area contributed by atoms with Crippen molar-refractivity contribution in [3.63, 3.8) is 0 Å². The molecule has 8 nitrogen and oxygen atoms in total. The molecule has 0 fully saturated rings. The Morgan fingerprint density at radius 1 is 0.769 bits per heavy atom. The van der Waals surface area contributed by atoms with Gasteiger partial charge in [0, 0.05) is 21.3 Å². The molecule has 80 valence electrons. The third kappa shape index (κ3) is 4.77. The van der Waals surface area contributed by atoms with Gasteiger partial charge in [0.2, 0.25) is 0 Å². The molecule has 0 bridgehead atoms. The molecule has 0 aromatic heterocycles. The fourth-order valence-corrected chi connectivity index (χ4v) is 2.02. The molecule has 3 N–H and O–H groups in total. The highest BCUT2D eigenvalue weighted by molar-refractivity contribution is 6.54. The van der Waals surface area contributed by atoms with Gasteiger partial charge >= 0.3 is 18.1 Å². The minimum atomic E-state index is -4.74. The zero-order chi connectivity index (χ0) is 10.5. The van der Waals surface area contributed by atoms with E-state index < -0.39 is 18.1 Å². The lowest BCUT2D eigenvalue weighted by atomic mass is 11.8. The van der Waals surface area contributed by atoms with Gasteiger partial charge in [-0.1, -0.05) is 0 Å². The molecule has 0 spiro atoms. The molecule has 0 aliphatic rings. The lowest BCUT2D eigenvalue weighted by molar-refractivity contribution is -0.240. The Kier molecular flexibility index (Phi) is 5.15. The molecule has 0 saturated carbocycles. The summed E-state index contributed by atoms with van der Waals surface area (Å²) in [5.41, 5.74) is 0. The van der Waals surface area contributed by atoms with Gasteiger partial charge in [0.25, 0.3) is 0 Å². The molecule has 13 heavy (non-hydrogen) atoms. The summed E-state index contributed by atoms with van der Waals surface area (Å²) in [5, 5.41) is 0. The Morgan fingerprint density at radius 3 is 1.38 bits per heavy atom. The summed E-state index contributed by atoms with van der Waals surface area (Å²) >= 11 is 0. The van der Waals surface area contributed by atoms with Crippen LogP contribution < -0.4 is 0 Å². The summed E-state index contributed by atoms with van der Waals surface area (Å²) in [5.74, 6) is 0. The van der Waals surface area contributed by atoms with Gasteiger partial charge in [-0.3, -0.25) is 0 Å². The van der Waals surface area contributed by atoms with Gasteiger partial charge in [0.15, 0.2) is 0 Å². The first-order valence-corrected chi connectivity index (χ1v) is 6.47. The normalized spacial score (nSPS) is 13.4. The van der Waals surface area contributed by atoms with E-state index in [1.165, 1.54) is 21.3 Å². The van der Waals surface area contributed by atoms with Crippen LogP contribution in [0.4, 0.5) is 0 Å². The minimum Gasteiger partial charge on any atom is -0.366 e. The summed E-state index contributed by atoms with van der Waals surface area (Å²) in [6.45, 7) is 0. The van der Waals surface area contributed by atoms with Crippen molar-refractivity contribution in [3.8, 4) is 0 Å². The van der Waals surface area contributed by atoms with E-state index in [4.69, 9.17) is 14.4 Å². The first-order valence-electron chi connectivity index (χ1n) is 3.08. The maximum Gasteiger partial charge on any atom is 0.706 e. The van der Waals surface area contributed by atoms with Crippen molar-refractivity contribution in [1.29, 1.82) is 0 Å². The Hall–Kier alpha value is 0.114. The van der Waals surface area contributed by atoms with Crippen molar-refractivity contribution < 1.29 is 36.8 Å². The van der Waals surface area contributed by atoms with Gasteiger partial charge in [0.05, 0.1) is 0 Å². The Morgan fingerprint density at radius 2 is 1.15 bits per heavy atom. The second kappa shape index (κ2) is 5.11. The van der Waals surface area contributed by atoms with E-state index in [2.05, 4.69) is 22.4 Å². The Labute approximate surface area is 77.1 Å². The molecule has 0 aliphatic heterocycles. The van der Waals surface area contributed by atoms with Crippen molar-refractivity contribution in [2.24, 2.45) is 0 Å². The molecule has 0 saturated heterocycles. The topological polar surface area (TPSA) is 107 Å². The maximum atomic E-state index is 8.43. The van der Waals surface area contributed by atoms with Gasteiger partial charge < -0.3 is 27.7 Å². The maximum absolute atomic E-state index is 8.43. The van der Waals surface area contributed by atoms with Crippen LogP contribution in [0, 0.1) is 0 Å². The predicted molar refractivity (Wildman–Crippen MR) is 41.4 cm³/mol. The molecule has 0 heterocycles. The zero-order valence-electron chi connectivity index (χ0n) is 7.38. The summed E-state index contributed by atoms with van der Waals surface area (Å²) in [6, 6.07) is 0. The van der Waals surface area contributed by atoms with E-state index in [1.54, 1.807) is 0 Å². The summed E-state index contributed by atoms with van der Waals surface area (Å²) < 4.78 is 22.2. The van der Waals surface area contributed by atoms with E-state index in [0.29, 0.717) is 0 Å². The van der Waals surface area contributed by atoms with Gasteiger partial charge in [-0.2, -0.15) is 0 Å². The van der Waals surface area contributed by atoms with Gasteiger partial charge in [-0.15, -0.1) is 0 Å². The SMILES string of the molecule is CO[Si](OC)(OC)OO[Si](O)(O)O. The number of rotatable bonds is 6. The second-order valence-corrected chi connectivity index (χ2v) is 5.56. The lowest BCUT2D eigenvalue weighted by Gasteiger charge is -2.22. The zero-order valence-corrected chi connectivity index (χ0v) is 9.38. The molecule has 0 rings (SSSR count). The van der Waals surface area contributed by atoms with Crippen LogP contribution in [-0.4, -0.2) is 53.8 Å². The van der Waals surface area contributed by atoms with Crippen LogP contribution in [0.2, 0.25) is 0 Å². The molecular weight excluding hydrogens is 220 g/mol. The van der Waals surface area contributed by atoms with Crippen molar-refractivity contribution >= 4 is 18.1 Å². The first kappa shape index (κ1) is 13.1. The van der Waals surface area contributed by atoms with Gasteiger partial charge in [-0.25, -0.2) is 9.15 Å². The fraction of sp³-hybridized carbons (Fsp3) is 1.00. The monoisotopic (exact) mass is 232 g/mol. The molecule has 0 radical (unpaired) electrons. The van der Waals surface area contributed by atoms with E-state index in [1.807, 2.05) is 0 Å². The highest BCUT2D eigenvalue weighted by Crippen LogP contribution is 2.09. The molecular formula is C3H12O8Si2. The fourth-order valence-electron chi connectivity index (χ4n) is 0.459. The van der Waals surface area contributed by atoms with Crippen LogP contribution in [0.25, 0.3) is 0 Å². The average molecular weight is 232 g/mol. The number of hydrogen-bond acceptors (Lipinski definition) is 8. The second-order valence-electron chi connectivity index (χ2n) is 1.85. The minimum absolute atomic E-state index is 1.22. The summed E-state index contributed by atoms with van der Waals surface area (Å²) in [4.78, 5) is 25.3. The van der Waals surface area contributed by atoms with Crippen LogP contribution in [0.15, 0.2) is 0 Å². The van der Waals surface area contributed by atoms with Crippen molar-refractivity contribution in [2.45, 2.75) is 0 Å². The van der Waals surface area contributed by atoms with Crippen molar-refractivity contribution in [2.75, 3.05) is 21.3 Å². The van der Waals surface area contributed by atoms with Crippen molar-refractivity contribution in [1.82, 2.24) is 0 Å².